The fraction of sp³-hybridized carbons (Fsp3) is 0.640. The van der Waals surface area contributed by atoms with Gasteiger partial charge in [0.15, 0.2) is 0 Å². The number of nitrogens with zero attached hydrogens (tertiary/aromatic N) is 3. The Morgan fingerprint density at radius 2 is 1.50 bits per heavy atom. The van der Waals surface area contributed by atoms with Crippen LogP contribution < -0.4 is 11.1 Å². The van der Waals surface area contributed by atoms with E-state index in [9.17, 15) is 14.4 Å². The highest BCUT2D eigenvalue weighted by atomic mass is 16.5. The molecule has 1 saturated carbocycles. The van der Waals surface area contributed by atoms with Gasteiger partial charge in [-0.3, -0.25) is 23.5 Å². The molecule has 1 aromatic carbocycles. The van der Waals surface area contributed by atoms with Crippen molar-refractivity contribution in [3.63, 3.8) is 0 Å². The third-order valence-corrected chi connectivity index (χ3v) is 7.13. The molecule has 2 aliphatic rings. The highest BCUT2D eigenvalue weighted by molar-refractivity contribution is 5.78. The minimum atomic E-state index is -0.654. The summed E-state index contributed by atoms with van der Waals surface area (Å²) in [4.78, 5) is 40.8. The predicted octanol–water partition coefficient (Wildman–Crippen LogP) is 3.48. The van der Waals surface area contributed by atoms with Gasteiger partial charge in [-0.2, -0.15) is 0 Å². The van der Waals surface area contributed by atoms with Crippen LogP contribution in [0.3, 0.4) is 0 Å². The Morgan fingerprint density at radius 3 is 2.16 bits per heavy atom. The molecule has 2 heterocycles. The van der Waals surface area contributed by atoms with Crippen molar-refractivity contribution in [2.75, 3.05) is 19.7 Å². The maximum atomic E-state index is 13.2. The third-order valence-electron chi connectivity index (χ3n) is 7.13. The van der Waals surface area contributed by atoms with Crippen LogP contribution in [0.5, 0.6) is 0 Å². The molecule has 0 bridgehead atoms. The Hall–Kier alpha value is -2.41. The Balaban J connectivity index is 1.59. The van der Waals surface area contributed by atoms with Crippen molar-refractivity contribution >= 4 is 17.0 Å². The first kappa shape index (κ1) is 22.8. The van der Waals surface area contributed by atoms with E-state index in [1.165, 1.54) is 49.5 Å². The molecule has 2 fully saturated rings. The van der Waals surface area contributed by atoms with Crippen molar-refractivity contribution in [2.24, 2.45) is 0 Å². The second kappa shape index (κ2) is 10.5. The number of piperidine rings is 1. The molecule has 32 heavy (non-hydrogen) atoms. The number of hydrogen-bond donors (Lipinski definition) is 0. The molecule has 1 aliphatic carbocycles. The lowest BCUT2D eigenvalue weighted by molar-refractivity contribution is -0.143. The van der Waals surface area contributed by atoms with Crippen LogP contribution in [0.25, 0.3) is 11.0 Å². The van der Waals surface area contributed by atoms with Gasteiger partial charge < -0.3 is 9.64 Å². The largest absolute Gasteiger partial charge is 0.465 e. The Bertz CT molecular complexity index is 1040. The minimum absolute atomic E-state index is 0.00199. The highest BCUT2D eigenvalue weighted by Gasteiger charge is 2.28. The molecule has 0 N–H and O–H groups in total. The lowest BCUT2D eigenvalue weighted by atomic mass is 9.93. The number of carbonyl (C=O) groups excluding carboxylic acids is 1. The molecule has 1 aromatic heterocycles. The van der Waals surface area contributed by atoms with E-state index in [0.29, 0.717) is 17.1 Å². The summed E-state index contributed by atoms with van der Waals surface area (Å²) < 4.78 is 7.96. The zero-order chi connectivity index (χ0) is 22.5. The second-order valence-corrected chi connectivity index (χ2v) is 9.13. The van der Waals surface area contributed by atoms with Crippen LogP contribution in [0.2, 0.25) is 0 Å². The Kier molecular flexibility index (Phi) is 7.45. The quantitative estimate of drug-likeness (QED) is 0.525. The monoisotopic (exact) mass is 441 g/mol. The third kappa shape index (κ3) is 4.82. The van der Waals surface area contributed by atoms with Crippen LogP contribution in [-0.2, 0) is 16.1 Å². The number of benzene rings is 1. The summed E-state index contributed by atoms with van der Waals surface area (Å²) in [5, 5.41) is 0. The van der Waals surface area contributed by atoms with Crippen LogP contribution in [0.1, 0.15) is 70.8 Å². The maximum Gasteiger partial charge on any atom is 0.326 e. The smallest absolute Gasteiger partial charge is 0.326 e. The SMILES string of the molecule is CCOC(=O)Cn1c(=O)c(=O)n(C2CCN(C3CCCCCCC3)CC2)c2ccccc21. The molecule has 174 valence electrons. The van der Waals surface area contributed by atoms with Crippen molar-refractivity contribution in [1.82, 2.24) is 14.0 Å². The summed E-state index contributed by atoms with van der Waals surface area (Å²) in [6, 6.07) is 8.04. The van der Waals surface area contributed by atoms with Gasteiger partial charge in [0.2, 0.25) is 0 Å². The molecule has 0 radical (unpaired) electrons. The van der Waals surface area contributed by atoms with Gasteiger partial charge in [0.25, 0.3) is 0 Å². The molecule has 7 heteroatoms. The number of ether oxygens (including phenoxy) is 1. The van der Waals surface area contributed by atoms with Crippen LogP contribution >= 0.6 is 0 Å². The van der Waals surface area contributed by atoms with E-state index in [-0.39, 0.29) is 19.2 Å². The molecule has 0 spiro atoms. The maximum absolute atomic E-state index is 13.2. The first-order chi connectivity index (χ1) is 15.6. The van der Waals surface area contributed by atoms with Crippen LogP contribution in [0, 0.1) is 0 Å². The molecule has 4 rings (SSSR count). The van der Waals surface area contributed by atoms with Gasteiger partial charge >= 0.3 is 17.1 Å². The number of carbonyl (C=O) groups is 1. The van der Waals surface area contributed by atoms with Crippen LogP contribution in [0.15, 0.2) is 33.9 Å². The van der Waals surface area contributed by atoms with Crippen LogP contribution in [0.4, 0.5) is 0 Å². The lowest BCUT2D eigenvalue weighted by Gasteiger charge is -2.39. The standard InChI is InChI=1S/C25H35N3O4/c1-2-32-23(29)18-27-21-12-8-9-13-22(21)28(25(31)24(27)30)20-14-16-26(17-15-20)19-10-6-4-3-5-7-11-19/h8-9,12-13,19-20H,2-7,10-11,14-18H2,1H3. The molecule has 1 aliphatic heterocycles. The topological polar surface area (TPSA) is 73.5 Å². The highest BCUT2D eigenvalue weighted by Crippen LogP contribution is 2.29. The molecule has 0 atom stereocenters. The van der Waals surface area contributed by atoms with Gasteiger partial charge in [-0.1, -0.05) is 44.2 Å². The summed E-state index contributed by atoms with van der Waals surface area (Å²) >= 11 is 0. The van der Waals surface area contributed by atoms with Crippen molar-refractivity contribution in [3.05, 3.63) is 45.0 Å². The average molecular weight is 442 g/mol. The van der Waals surface area contributed by atoms with E-state index < -0.39 is 17.1 Å². The number of para-hydroxylation sites is 2. The fourth-order valence-electron chi connectivity index (χ4n) is 5.50. The molecule has 7 nitrogen and oxygen atoms in total. The summed E-state index contributed by atoms with van der Waals surface area (Å²) in [7, 11) is 0. The number of esters is 1. The van der Waals surface area contributed by atoms with Crippen molar-refractivity contribution in [1.29, 1.82) is 0 Å². The van der Waals surface area contributed by atoms with E-state index in [4.69, 9.17) is 4.74 Å². The van der Waals surface area contributed by atoms with Gasteiger partial charge in [0.05, 0.1) is 17.6 Å². The van der Waals surface area contributed by atoms with Gasteiger partial charge in [-0.25, -0.2) is 0 Å². The van der Waals surface area contributed by atoms with Crippen molar-refractivity contribution < 1.29 is 9.53 Å². The number of likely N-dealkylation sites (tertiary alicyclic amines) is 1. The number of aromatic nitrogens is 2. The normalized spacial score (nSPS) is 19.5. The van der Waals surface area contributed by atoms with Gasteiger partial charge in [-0.15, -0.1) is 0 Å². The van der Waals surface area contributed by atoms with Gasteiger partial charge in [-0.05, 0) is 44.7 Å². The summed E-state index contributed by atoms with van der Waals surface area (Å²) in [5.74, 6) is -0.510. The van der Waals surface area contributed by atoms with E-state index in [1.807, 2.05) is 18.2 Å². The summed E-state index contributed by atoms with van der Waals surface area (Å²) in [6.45, 7) is 3.63. The summed E-state index contributed by atoms with van der Waals surface area (Å²) in [6.07, 6.45) is 11.0. The van der Waals surface area contributed by atoms with Crippen molar-refractivity contribution in [2.45, 2.75) is 83.3 Å². The zero-order valence-corrected chi connectivity index (χ0v) is 19.1. The van der Waals surface area contributed by atoms with Crippen molar-refractivity contribution in [3.8, 4) is 0 Å². The first-order valence-corrected chi connectivity index (χ1v) is 12.2. The van der Waals surface area contributed by atoms with E-state index in [0.717, 1.165) is 25.9 Å². The number of hydrogen-bond acceptors (Lipinski definition) is 5. The Labute approximate surface area is 189 Å². The van der Waals surface area contributed by atoms with E-state index in [1.54, 1.807) is 17.6 Å². The van der Waals surface area contributed by atoms with E-state index in [2.05, 4.69) is 4.90 Å². The molecular formula is C25H35N3O4. The average Bonchev–Trinajstić information content (AvgIpc) is 2.78. The van der Waals surface area contributed by atoms with E-state index >= 15 is 0 Å². The molecule has 0 unspecified atom stereocenters. The number of rotatable bonds is 5. The molecule has 0 amide bonds. The molecule has 2 aromatic rings. The zero-order valence-electron chi connectivity index (χ0n) is 19.1. The predicted molar refractivity (Wildman–Crippen MR) is 125 cm³/mol. The summed E-state index contributed by atoms with van der Waals surface area (Å²) in [5.41, 5.74) is 0.120. The fourth-order valence-corrected chi connectivity index (χ4v) is 5.50. The molecule has 1 saturated heterocycles. The Morgan fingerprint density at radius 1 is 0.875 bits per heavy atom. The number of fused-ring (bicyclic) bond motifs is 1. The van der Waals surface area contributed by atoms with Gasteiger partial charge in [0.1, 0.15) is 6.54 Å². The second-order valence-electron chi connectivity index (χ2n) is 9.13. The first-order valence-electron chi connectivity index (χ1n) is 12.2. The molecular weight excluding hydrogens is 406 g/mol. The van der Waals surface area contributed by atoms with Crippen LogP contribution in [-0.4, -0.2) is 45.7 Å². The minimum Gasteiger partial charge on any atom is -0.465 e. The lowest BCUT2D eigenvalue weighted by Crippen LogP contribution is -2.47. The van der Waals surface area contributed by atoms with Gasteiger partial charge in [0, 0.05) is 25.2 Å².